The first-order valence-corrected chi connectivity index (χ1v) is 7.08. The van der Waals surface area contributed by atoms with Gasteiger partial charge < -0.3 is 11.1 Å². The average Bonchev–Trinajstić information content (AvgIpc) is 2.34. The van der Waals surface area contributed by atoms with Crippen LogP contribution in [0.3, 0.4) is 0 Å². The van der Waals surface area contributed by atoms with Crippen LogP contribution < -0.4 is 11.1 Å². The minimum atomic E-state index is 0.379. The summed E-state index contributed by atoms with van der Waals surface area (Å²) < 4.78 is 0. The predicted molar refractivity (Wildman–Crippen MR) is 85.6 cm³/mol. The van der Waals surface area contributed by atoms with Crippen molar-refractivity contribution in [1.29, 1.82) is 0 Å². The molecule has 5 heteroatoms. The summed E-state index contributed by atoms with van der Waals surface area (Å²) in [5.41, 5.74) is 6.33. The summed E-state index contributed by atoms with van der Waals surface area (Å²) in [6, 6.07) is 4.89. The van der Waals surface area contributed by atoms with Crippen LogP contribution in [0.4, 0.5) is 5.82 Å². The second-order valence-corrected chi connectivity index (χ2v) is 5.59. The molecule has 1 rings (SSSR count). The van der Waals surface area contributed by atoms with E-state index in [0.29, 0.717) is 17.1 Å². The summed E-state index contributed by atoms with van der Waals surface area (Å²) in [6.07, 6.45) is 1.70. The number of rotatable bonds is 7. The quantitative estimate of drug-likeness (QED) is 0.750. The Balaban J connectivity index is 2.46. The van der Waals surface area contributed by atoms with Crippen LogP contribution in [0.1, 0.15) is 33.3 Å². The van der Waals surface area contributed by atoms with Crippen molar-refractivity contribution in [3.63, 3.8) is 0 Å². The Bertz CT molecular complexity index is 392. The van der Waals surface area contributed by atoms with Crippen molar-refractivity contribution < 1.29 is 0 Å². The molecule has 0 fully saturated rings. The van der Waals surface area contributed by atoms with Crippen LogP contribution in [0.5, 0.6) is 0 Å². The molecule has 1 aromatic heterocycles. The van der Waals surface area contributed by atoms with Gasteiger partial charge in [0.1, 0.15) is 10.8 Å². The van der Waals surface area contributed by atoms with Crippen LogP contribution in [0.25, 0.3) is 0 Å². The van der Waals surface area contributed by atoms with Crippen LogP contribution in [-0.2, 0) is 0 Å². The van der Waals surface area contributed by atoms with Gasteiger partial charge in [-0.1, -0.05) is 12.2 Å². The Morgan fingerprint density at radius 2 is 1.95 bits per heavy atom. The molecule has 19 heavy (non-hydrogen) atoms. The summed E-state index contributed by atoms with van der Waals surface area (Å²) in [5, 5.41) is 3.31. The summed E-state index contributed by atoms with van der Waals surface area (Å²) >= 11 is 4.90. The molecule has 0 atom stereocenters. The first kappa shape index (κ1) is 15.9. The fourth-order valence-corrected chi connectivity index (χ4v) is 2.19. The highest BCUT2D eigenvalue weighted by Gasteiger charge is 2.12. The molecule has 1 aromatic rings. The number of nitrogens with zero attached hydrogens (tertiary/aromatic N) is 2. The van der Waals surface area contributed by atoms with Crippen molar-refractivity contribution in [2.45, 2.75) is 39.8 Å². The highest BCUT2D eigenvalue weighted by Crippen LogP contribution is 2.07. The largest absolute Gasteiger partial charge is 0.389 e. The predicted octanol–water partition coefficient (Wildman–Crippen LogP) is 2.25. The van der Waals surface area contributed by atoms with Crippen molar-refractivity contribution >= 4 is 23.0 Å². The van der Waals surface area contributed by atoms with E-state index in [4.69, 9.17) is 18.0 Å². The minimum absolute atomic E-state index is 0.379. The van der Waals surface area contributed by atoms with Crippen LogP contribution in [0.2, 0.25) is 0 Å². The topological polar surface area (TPSA) is 54.2 Å². The van der Waals surface area contributed by atoms with Gasteiger partial charge in [0.2, 0.25) is 0 Å². The molecule has 106 valence electrons. The molecular formula is C14H24N4S. The number of hydrogen-bond donors (Lipinski definition) is 2. The van der Waals surface area contributed by atoms with Gasteiger partial charge in [0, 0.05) is 36.9 Å². The van der Waals surface area contributed by atoms with Gasteiger partial charge in [0.15, 0.2) is 0 Å². The van der Waals surface area contributed by atoms with E-state index in [2.05, 4.69) is 42.9 Å². The SMILES string of the molecule is CC(C)N(CCNc1ccc(C(N)=S)cn1)C(C)C. The van der Waals surface area contributed by atoms with Crippen LogP contribution in [0.15, 0.2) is 18.3 Å². The summed E-state index contributed by atoms with van der Waals surface area (Å²) in [5.74, 6) is 0.854. The molecule has 0 spiro atoms. The van der Waals surface area contributed by atoms with E-state index in [1.807, 2.05) is 12.1 Å². The van der Waals surface area contributed by atoms with Gasteiger partial charge in [0.25, 0.3) is 0 Å². The van der Waals surface area contributed by atoms with E-state index in [1.54, 1.807) is 6.20 Å². The van der Waals surface area contributed by atoms with Crippen molar-refractivity contribution in [2.75, 3.05) is 18.4 Å². The van der Waals surface area contributed by atoms with Crippen LogP contribution in [-0.4, -0.2) is 40.0 Å². The van der Waals surface area contributed by atoms with Gasteiger partial charge in [-0.25, -0.2) is 4.98 Å². The zero-order valence-corrected chi connectivity index (χ0v) is 13.0. The van der Waals surface area contributed by atoms with E-state index < -0.39 is 0 Å². The maximum absolute atomic E-state index is 5.53. The molecule has 0 unspecified atom stereocenters. The Labute approximate surface area is 121 Å². The van der Waals surface area contributed by atoms with E-state index >= 15 is 0 Å². The standard InChI is InChI=1S/C14H24N4S/c1-10(2)18(11(3)4)8-7-16-13-6-5-12(9-17-13)14(15)19/h5-6,9-11H,7-8H2,1-4H3,(H2,15,19)(H,16,17). The van der Waals surface area contributed by atoms with E-state index in [0.717, 1.165) is 24.5 Å². The fraction of sp³-hybridized carbons (Fsp3) is 0.571. The summed E-state index contributed by atoms with van der Waals surface area (Å²) in [7, 11) is 0. The lowest BCUT2D eigenvalue weighted by atomic mass is 10.2. The maximum Gasteiger partial charge on any atom is 0.125 e. The lowest BCUT2D eigenvalue weighted by molar-refractivity contribution is 0.182. The highest BCUT2D eigenvalue weighted by atomic mass is 32.1. The van der Waals surface area contributed by atoms with Gasteiger partial charge in [0.05, 0.1) is 0 Å². The monoisotopic (exact) mass is 280 g/mol. The van der Waals surface area contributed by atoms with Gasteiger partial charge in [-0.3, -0.25) is 4.90 Å². The molecule has 0 bridgehead atoms. The van der Waals surface area contributed by atoms with Gasteiger partial charge >= 0.3 is 0 Å². The molecule has 0 saturated carbocycles. The third-order valence-electron chi connectivity index (χ3n) is 3.05. The maximum atomic E-state index is 5.53. The second kappa shape index (κ2) is 7.40. The minimum Gasteiger partial charge on any atom is -0.389 e. The highest BCUT2D eigenvalue weighted by molar-refractivity contribution is 7.80. The van der Waals surface area contributed by atoms with Gasteiger partial charge in [-0.2, -0.15) is 0 Å². The average molecular weight is 280 g/mol. The molecule has 0 aliphatic rings. The number of nitrogens with two attached hydrogens (primary N) is 1. The number of aromatic nitrogens is 1. The third kappa shape index (κ3) is 5.12. The number of anilines is 1. The van der Waals surface area contributed by atoms with E-state index in [-0.39, 0.29) is 0 Å². The number of nitrogens with one attached hydrogen (secondary N) is 1. The van der Waals surface area contributed by atoms with Crippen molar-refractivity contribution in [3.05, 3.63) is 23.9 Å². The first-order chi connectivity index (χ1) is 8.91. The molecule has 0 aromatic carbocycles. The lowest BCUT2D eigenvalue weighted by Gasteiger charge is -2.30. The zero-order valence-electron chi connectivity index (χ0n) is 12.2. The number of pyridine rings is 1. The Morgan fingerprint density at radius 3 is 2.37 bits per heavy atom. The van der Waals surface area contributed by atoms with Crippen molar-refractivity contribution in [2.24, 2.45) is 5.73 Å². The van der Waals surface area contributed by atoms with E-state index in [9.17, 15) is 0 Å². The smallest absolute Gasteiger partial charge is 0.125 e. The molecule has 0 aliphatic heterocycles. The van der Waals surface area contributed by atoms with Crippen LogP contribution >= 0.6 is 12.2 Å². The van der Waals surface area contributed by atoms with Crippen molar-refractivity contribution in [3.8, 4) is 0 Å². The molecular weight excluding hydrogens is 256 g/mol. The second-order valence-electron chi connectivity index (χ2n) is 5.15. The molecule has 1 heterocycles. The molecule has 4 nitrogen and oxygen atoms in total. The Kier molecular flexibility index (Phi) is 6.18. The molecule has 0 saturated heterocycles. The number of thiocarbonyl (C=S) groups is 1. The molecule has 0 aliphatic carbocycles. The fourth-order valence-electron chi connectivity index (χ4n) is 2.07. The van der Waals surface area contributed by atoms with Gasteiger partial charge in [-0.15, -0.1) is 0 Å². The summed E-state index contributed by atoms with van der Waals surface area (Å²) in [4.78, 5) is 7.11. The van der Waals surface area contributed by atoms with Crippen molar-refractivity contribution in [1.82, 2.24) is 9.88 Å². The lowest BCUT2D eigenvalue weighted by Crippen LogP contribution is -2.40. The molecule has 0 radical (unpaired) electrons. The molecule has 0 amide bonds. The Hall–Kier alpha value is -1.20. The van der Waals surface area contributed by atoms with E-state index in [1.165, 1.54) is 0 Å². The zero-order chi connectivity index (χ0) is 14.4. The van der Waals surface area contributed by atoms with Gasteiger partial charge in [-0.05, 0) is 39.8 Å². The number of hydrogen-bond acceptors (Lipinski definition) is 4. The Morgan fingerprint density at radius 1 is 1.32 bits per heavy atom. The van der Waals surface area contributed by atoms with Crippen LogP contribution in [0, 0.1) is 0 Å². The normalized spacial score (nSPS) is 11.3. The first-order valence-electron chi connectivity index (χ1n) is 6.67. The third-order valence-corrected chi connectivity index (χ3v) is 3.29. The molecule has 3 N–H and O–H groups in total. The summed E-state index contributed by atoms with van der Waals surface area (Å²) in [6.45, 7) is 10.7.